The molecule has 86 valence electrons. The molecular weight excluding hydrogens is 222 g/mol. The van der Waals surface area contributed by atoms with Crippen LogP contribution in [0.15, 0.2) is 47.0 Å². The number of rotatable bonds is 6. The van der Waals surface area contributed by atoms with Gasteiger partial charge in [0.15, 0.2) is 0 Å². The SMILES string of the molecule is C=C=C(CN)COc1ccc(SOC)cc1. The highest BCUT2D eigenvalue weighted by atomic mass is 32.2. The highest BCUT2D eigenvalue weighted by Crippen LogP contribution is 2.21. The zero-order chi connectivity index (χ0) is 11.8. The Balaban J connectivity index is 2.52. The quantitative estimate of drug-likeness (QED) is 0.609. The van der Waals surface area contributed by atoms with Crippen molar-refractivity contribution in [1.29, 1.82) is 0 Å². The molecule has 0 saturated heterocycles. The Morgan fingerprint density at radius 2 is 2.12 bits per heavy atom. The molecule has 0 saturated carbocycles. The van der Waals surface area contributed by atoms with E-state index in [1.54, 1.807) is 7.11 Å². The lowest BCUT2D eigenvalue weighted by molar-refractivity contribution is 0.350. The number of nitrogens with two attached hydrogens (primary N) is 1. The van der Waals surface area contributed by atoms with Crippen LogP contribution in [0.25, 0.3) is 0 Å². The predicted octanol–water partition coefficient (Wildman–Crippen LogP) is 2.39. The van der Waals surface area contributed by atoms with Crippen molar-refractivity contribution in [3.8, 4) is 5.75 Å². The molecule has 0 aromatic heterocycles. The van der Waals surface area contributed by atoms with Gasteiger partial charge in [-0.25, -0.2) is 0 Å². The molecule has 3 nitrogen and oxygen atoms in total. The van der Waals surface area contributed by atoms with Crippen LogP contribution in [0.5, 0.6) is 5.75 Å². The Hall–Kier alpha value is -1.19. The summed E-state index contributed by atoms with van der Waals surface area (Å²) in [6.45, 7) is 4.39. The molecule has 4 heteroatoms. The Morgan fingerprint density at radius 1 is 1.44 bits per heavy atom. The van der Waals surface area contributed by atoms with Gasteiger partial charge in [0.25, 0.3) is 0 Å². The largest absolute Gasteiger partial charge is 0.489 e. The van der Waals surface area contributed by atoms with Crippen molar-refractivity contribution in [3.05, 3.63) is 42.1 Å². The normalized spacial score (nSPS) is 9.62. The van der Waals surface area contributed by atoms with Gasteiger partial charge >= 0.3 is 0 Å². The third-order valence-electron chi connectivity index (χ3n) is 1.91. The van der Waals surface area contributed by atoms with Crippen LogP contribution < -0.4 is 10.5 Å². The van der Waals surface area contributed by atoms with Gasteiger partial charge in [-0.15, -0.1) is 5.73 Å². The first-order valence-electron chi connectivity index (χ1n) is 4.81. The fourth-order valence-corrected chi connectivity index (χ4v) is 1.48. The molecule has 0 bridgehead atoms. The van der Waals surface area contributed by atoms with Gasteiger partial charge in [0.05, 0.1) is 7.11 Å². The van der Waals surface area contributed by atoms with Crippen molar-refractivity contribution in [3.63, 3.8) is 0 Å². The van der Waals surface area contributed by atoms with E-state index in [1.165, 1.54) is 12.0 Å². The van der Waals surface area contributed by atoms with E-state index in [2.05, 4.69) is 12.3 Å². The lowest BCUT2D eigenvalue weighted by Crippen LogP contribution is -2.10. The lowest BCUT2D eigenvalue weighted by Gasteiger charge is -2.07. The zero-order valence-electron chi connectivity index (χ0n) is 9.23. The van der Waals surface area contributed by atoms with Crippen molar-refractivity contribution in [2.24, 2.45) is 5.73 Å². The maximum Gasteiger partial charge on any atom is 0.119 e. The van der Waals surface area contributed by atoms with Gasteiger partial charge in [-0.1, -0.05) is 6.58 Å². The summed E-state index contributed by atoms with van der Waals surface area (Å²) < 4.78 is 10.5. The van der Waals surface area contributed by atoms with Crippen molar-refractivity contribution in [2.45, 2.75) is 4.90 Å². The third kappa shape index (κ3) is 4.13. The second kappa shape index (κ2) is 7.14. The van der Waals surface area contributed by atoms with E-state index in [-0.39, 0.29) is 0 Å². The third-order valence-corrected chi connectivity index (χ3v) is 2.54. The van der Waals surface area contributed by atoms with Gasteiger partial charge < -0.3 is 14.7 Å². The minimum absolute atomic E-state index is 0.418. The maximum atomic E-state index is 5.51. The highest BCUT2D eigenvalue weighted by molar-refractivity contribution is 7.94. The number of benzene rings is 1. The van der Waals surface area contributed by atoms with Crippen LogP contribution in [0.1, 0.15) is 0 Å². The van der Waals surface area contributed by atoms with Gasteiger partial charge in [0.2, 0.25) is 0 Å². The maximum absolute atomic E-state index is 5.51. The molecule has 0 amide bonds. The van der Waals surface area contributed by atoms with Crippen LogP contribution in [0, 0.1) is 0 Å². The number of hydrogen-bond acceptors (Lipinski definition) is 4. The molecule has 1 aromatic carbocycles. The molecule has 0 heterocycles. The Kier molecular flexibility index (Phi) is 5.75. The summed E-state index contributed by atoms with van der Waals surface area (Å²) in [5.41, 5.74) is 9.07. The fourth-order valence-electron chi connectivity index (χ4n) is 1.04. The molecule has 0 spiro atoms. The zero-order valence-corrected chi connectivity index (χ0v) is 10.0. The van der Waals surface area contributed by atoms with E-state index in [9.17, 15) is 0 Å². The Bertz CT molecular complexity index is 369. The highest BCUT2D eigenvalue weighted by Gasteiger charge is 1.98. The average Bonchev–Trinajstić information content (AvgIpc) is 2.33. The topological polar surface area (TPSA) is 44.5 Å². The van der Waals surface area contributed by atoms with E-state index in [0.29, 0.717) is 13.2 Å². The molecule has 0 aliphatic carbocycles. The predicted molar refractivity (Wildman–Crippen MR) is 66.5 cm³/mol. The van der Waals surface area contributed by atoms with Crippen LogP contribution in [0.2, 0.25) is 0 Å². The molecule has 0 unspecified atom stereocenters. The summed E-state index contributed by atoms with van der Waals surface area (Å²) in [7, 11) is 1.64. The monoisotopic (exact) mass is 237 g/mol. The average molecular weight is 237 g/mol. The molecule has 0 aliphatic rings. The molecule has 0 fully saturated rings. The second-order valence-corrected chi connectivity index (χ2v) is 3.97. The molecule has 0 aliphatic heterocycles. The van der Waals surface area contributed by atoms with Gasteiger partial charge in [-0.2, -0.15) is 0 Å². The van der Waals surface area contributed by atoms with Crippen LogP contribution in [0.3, 0.4) is 0 Å². The second-order valence-electron chi connectivity index (χ2n) is 2.99. The minimum Gasteiger partial charge on any atom is -0.489 e. The van der Waals surface area contributed by atoms with Crippen molar-refractivity contribution in [2.75, 3.05) is 20.3 Å². The molecule has 2 N–H and O–H groups in total. The number of hydrogen-bond donors (Lipinski definition) is 1. The van der Waals surface area contributed by atoms with Crippen LogP contribution >= 0.6 is 12.0 Å². The van der Waals surface area contributed by atoms with E-state index >= 15 is 0 Å². The molecule has 16 heavy (non-hydrogen) atoms. The fraction of sp³-hybridized carbons (Fsp3) is 0.250. The van der Waals surface area contributed by atoms with Crippen LogP contribution in [-0.2, 0) is 4.18 Å². The first-order valence-corrected chi connectivity index (χ1v) is 5.55. The van der Waals surface area contributed by atoms with Crippen molar-refractivity contribution >= 4 is 12.0 Å². The Labute approximate surface area is 100 Å². The van der Waals surface area contributed by atoms with Crippen molar-refractivity contribution < 1.29 is 8.92 Å². The van der Waals surface area contributed by atoms with Gasteiger partial charge in [-0.05, 0) is 24.3 Å². The summed E-state index contributed by atoms with van der Waals surface area (Å²) in [6.07, 6.45) is 0. The molecular formula is C12H15NO2S. The van der Waals surface area contributed by atoms with Crippen molar-refractivity contribution in [1.82, 2.24) is 0 Å². The molecule has 1 rings (SSSR count). The minimum atomic E-state index is 0.418. The summed E-state index contributed by atoms with van der Waals surface area (Å²) in [4.78, 5) is 1.04. The standard InChI is InChI=1S/C12H15NO2S/c1-3-10(8-13)9-15-11-4-6-12(7-5-11)16-14-2/h4-7H,1,8-9,13H2,2H3. The van der Waals surface area contributed by atoms with Gasteiger partial charge in [-0.3, -0.25) is 0 Å². The van der Waals surface area contributed by atoms with Crippen LogP contribution in [-0.4, -0.2) is 20.3 Å². The summed E-state index contributed by atoms with van der Waals surface area (Å²) in [6, 6.07) is 7.64. The van der Waals surface area contributed by atoms with E-state index in [0.717, 1.165) is 16.2 Å². The smallest absolute Gasteiger partial charge is 0.119 e. The van der Waals surface area contributed by atoms with Gasteiger partial charge in [0.1, 0.15) is 12.4 Å². The van der Waals surface area contributed by atoms with E-state index in [4.69, 9.17) is 14.7 Å². The summed E-state index contributed by atoms with van der Waals surface area (Å²) in [5, 5.41) is 0. The van der Waals surface area contributed by atoms with Gasteiger partial charge in [0, 0.05) is 29.1 Å². The first kappa shape index (κ1) is 12.9. The summed E-state index contributed by atoms with van der Waals surface area (Å²) in [5.74, 6) is 0.793. The Morgan fingerprint density at radius 3 is 2.62 bits per heavy atom. The summed E-state index contributed by atoms with van der Waals surface area (Å²) >= 11 is 1.31. The van der Waals surface area contributed by atoms with E-state index < -0.39 is 0 Å². The van der Waals surface area contributed by atoms with Crippen LogP contribution in [0.4, 0.5) is 0 Å². The lowest BCUT2D eigenvalue weighted by atomic mass is 10.3. The molecule has 0 atom stereocenters. The first-order chi connectivity index (χ1) is 7.80. The molecule has 1 aromatic rings. The van der Waals surface area contributed by atoms with E-state index in [1.807, 2.05) is 24.3 Å². The number of ether oxygens (including phenoxy) is 1. The molecule has 0 radical (unpaired) electrons.